The molecule has 0 aliphatic heterocycles. The molecule has 57 heavy (non-hydrogen) atoms. The molecule has 0 unspecified atom stereocenters. The van der Waals surface area contributed by atoms with E-state index in [1.54, 1.807) is 0 Å². The van der Waals surface area contributed by atoms with Crippen LogP contribution in [0.1, 0.15) is 49.9 Å². The maximum absolute atomic E-state index is 5.60. The molecule has 10 rings (SSSR count). The summed E-state index contributed by atoms with van der Waals surface area (Å²) >= 11 is 3.68. The van der Waals surface area contributed by atoms with Gasteiger partial charge in [0.2, 0.25) is 0 Å². The van der Waals surface area contributed by atoms with Gasteiger partial charge in [-0.3, -0.25) is 0 Å². The lowest BCUT2D eigenvalue weighted by Crippen LogP contribution is -2.16. The zero-order chi connectivity index (χ0) is 39.6. The second-order valence-corrected chi connectivity index (χ2v) is 16.6. The van der Waals surface area contributed by atoms with Gasteiger partial charge < -0.3 is 11.1 Å². The van der Waals surface area contributed by atoms with E-state index in [0.717, 1.165) is 11.4 Å². The van der Waals surface area contributed by atoms with Gasteiger partial charge in [-0.2, -0.15) is 0 Å². The Kier molecular flexibility index (Phi) is 10.4. The van der Waals surface area contributed by atoms with Crippen LogP contribution in [0.3, 0.4) is 0 Å². The fourth-order valence-corrected chi connectivity index (χ4v) is 9.43. The highest BCUT2D eigenvalue weighted by Crippen LogP contribution is 2.52. The van der Waals surface area contributed by atoms with Crippen LogP contribution in [0.25, 0.3) is 44.5 Å². The van der Waals surface area contributed by atoms with Crippen molar-refractivity contribution in [2.24, 2.45) is 0 Å². The number of nitrogen functional groups attached to an aromatic ring is 1. The number of fused-ring (bicyclic) bond motifs is 6. The molecule has 0 spiro atoms. The Balaban J connectivity index is 0.000000132. The smallest absolute Gasteiger partial charge is 0.0431 e. The van der Waals surface area contributed by atoms with Gasteiger partial charge in [0.1, 0.15) is 0 Å². The maximum atomic E-state index is 5.60. The normalized spacial score (nSPS) is 13.4. The van der Waals surface area contributed by atoms with Crippen molar-refractivity contribution in [3.63, 3.8) is 0 Å². The third-order valence-electron chi connectivity index (χ3n) is 11.4. The zero-order valence-corrected chi connectivity index (χ0v) is 34.5. The molecule has 0 radical (unpaired) electrons. The summed E-state index contributed by atoms with van der Waals surface area (Å²) in [4.78, 5) is 0. The Morgan fingerprint density at radius 1 is 0.386 bits per heavy atom. The number of benzene rings is 8. The van der Waals surface area contributed by atoms with Gasteiger partial charge >= 0.3 is 0 Å². The number of hydrogen-bond acceptors (Lipinski definition) is 2. The Hall–Kier alpha value is -6.16. The summed E-state index contributed by atoms with van der Waals surface area (Å²) in [5, 5.41) is 3.67. The molecule has 0 saturated carbocycles. The van der Waals surface area contributed by atoms with E-state index in [9.17, 15) is 0 Å². The first kappa shape index (κ1) is 37.7. The van der Waals surface area contributed by atoms with E-state index in [0.29, 0.717) is 0 Å². The lowest BCUT2D eigenvalue weighted by atomic mass is 9.81. The summed E-state index contributed by atoms with van der Waals surface area (Å²) in [7, 11) is 0. The molecular weight excluding hydrogens is 757 g/mol. The molecule has 8 aromatic rings. The van der Waals surface area contributed by atoms with E-state index in [1.165, 1.54) is 76.9 Å². The first-order chi connectivity index (χ1) is 27.6. The summed E-state index contributed by atoms with van der Waals surface area (Å²) in [5.74, 6) is 0. The van der Waals surface area contributed by atoms with Crippen molar-refractivity contribution in [2.45, 2.75) is 38.5 Å². The fraction of sp³-hybridized carbons (Fsp3) is 0.111. The van der Waals surface area contributed by atoms with Gasteiger partial charge in [0.05, 0.1) is 0 Å². The third-order valence-corrected chi connectivity index (χ3v) is 12.1. The topological polar surface area (TPSA) is 38.0 Å². The number of halogens is 1. The quantitative estimate of drug-likeness (QED) is 0.174. The van der Waals surface area contributed by atoms with E-state index in [4.69, 9.17) is 5.73 Å². The number of hydrogen-bond donors (Lipinski definition) is 2. The van der Waals surface area contributed by atoms with Crippen LogP contribution in [-0.4, -0.2) is 0 Å². The van der Waals surface area contributed by atoms with Gasteiger partial charge in [-0.05, 0) is 103 Å². The van der Waals surface area contributed by atoms with Crippen molar-refractivity contribution in [1.82, 2.24) is 0 Å². The van der Waals surface area contributed by atoms with Crippen LogP contribution in [0.15, 0.2) is 199 Å². The van der Waals surface area contributed by atoms with E-state index >= 15 is 0 Å². The summed E-state index contributed by atoms with van der Waals surface area (Å²) in [6.45, 7) is 9.23. The Morgan fingerprint density at radius 2 is 0.789 bits per heavy atom. The van der Waals surface area contributed by atoms with Crippen molar-refractivity contribution in [2.75, 3.05) is 11.1 Å². The van der Waals surface area contributed by atoms with E-state index in [-0.39, 0.29) is 10.8 Å². The Morgan fingerprint density at radius 3 is 1.33 bits per heavy atom. The first-order valence-electron chi connectivity index (χ1n) is 19.6. The average molecular weight is 804 g/mol. The van der Waals surface area contributed by atoms with Gasteiger partial charge in [0, 0.05) is 32.4 Å². The predicted molar refractivity (Wildman–Crippen MR) is 247 cm³/mol. The lowest BCUT2D eigenvalue weighted by Gasteiger charge is -2.24. The summed E-state index contributed by atoms with van der Waals surface area (Å²) in [5.41, 5.74) is 24.8. The molecule has 0 aromatic heterocycles. The summed E-state index contributed by atoms with van der Waals surface area (Å²) < 4.78 is 1.21. The zero-order valence-electron chi connectivity index (χ0n) is 32.9. The van der Waals surface area contributed by atoms with Crippen LogP contribution in [0.4, 0.5) is 17.1 Å². The highest BCUT2D eigenvalue weighted by atomic mass is 79.9. The molecule has 8 aromatic carbocycles. The molecule has 2 aliphatic rings. The van der Waals surface area contributed by atoms with Gasteiger partial charge in [-0.25, -0.2) is 0 Å². The van der Waals surface area contributed by atoms with Crippen molar-refractivity contribution in [3.8, 4) is 44.5 Å². The van der Waals surface area contributed by atoms with Gasteiger partial charge in [0.25, 0.3) is 0 Å². The molecule has 0 amide bonds. The molecule has 0 heterocycles. The maximum Gasteiger partial charge on any atom is 0.0431 e. The summed E-state index contributed by atoms with van der Waals surface area (Å²) in [6.07, 6.45) is 0. The van der Waals surface area contributed by atoms with Gasteiger partial charge in [0.15, 0.2) is 0 Å². The molecule has 3 heteroatoms. The Bertz CT molecular complexity index is 2640. The molecule has 0 saturated heterocycles. The van der Waals surface area contributed by atoms with E-state index in [2.05, 4.69) is 201 Å². The fourth-order valence-electron chi connectivity index (χ4n) is 8.57. The molecule has 0 atom stereocenters. The lowest BCUT2D eigenvalue weighted by molar-refractivity contribution is 0.657. The van der Waals surface area contributed by atoms with Crippen LogP contribution in [0, 0.1) is 0 Å². The van der Waals surface area contributed by atoms with Crippen molar-refractivity contribution >= 4 is 33.0 Å². The molecule has 0 fully saturated rings. The molecule has 3 N–H and O–H groups in total. The second kappa shape index (κ2) is 15.8. The van der Waals surface area contributed by atoms with Crippen LogP contribution in [-0.2, 0) is 10.8 Å². The first-order valence-corrected chi connectivity index (χ1v) is 20.4. The number of rotatable bonds is 4. The number of nitrogens with two attached hydrogens (primary N) is 1. The SMILES string of the molecule is CC1(C)c2ccccc2-c2cccc(Br)c21.CC1(C)c2ccccc2-c2cccc(Nc3ccc(-c4ccccc4)cc3)c21.Nc1ccc(-c2ccccc2)cc1. The standard InChI is InChI=1S/C27H23N.C15H13Br.C12H11N/c1-27(2)24-13-7-6-11-22(24)23-12-8-14-25(26(23)27)28-21-17-15-20(16-18-21)19-9-4-3-5-10-19;1-15(2)12-8-4-3-6-10(12)11-7-5-9-13(16)14(11)15;13-12-8-6-11(7-9-12)10-4-2-1-3-5-10/h3-18,28H,1-2H3;3-9H,1-2H3;1-9H,13H2. The minimum absolute atomic E-state index is 0.0144. The van der Waals surface area contributed by atoms with E-state index < -0.39 is 0 Å². The highest BCUT2D eigenvalue weighted by Gasteiger charge is 2.38. The minimum Gasteiger partial charge on any atom is -0.399 e. The third kappa shape index (κ3) is 7.44. The highest BCUT2D eigenvalue weighted by molar-refractivity contribution is 9.10. The van der Waals surface area contributed by atoms with Crippen molar-refractivity contribution in [1.29, 1.82) is 0 Å². The van der Waals surface area contributed by atoms with Crippen LogP contribution in [0.5, 0.6) is 0 Å². The molecule has 280 valence electrons. The predicted octanol–water partition coefficient (Wildman–Crippen LogP) is 15.1. The second-order valence-electron chi connectivity index (χ2n) is 15.8. The average Bonchev–Trinajstić information content (AvgIpc) is 3.63. The van der Waals surface area contributed by atoms with Gasteiger partial charge in [-0.15, -0.1) is 0 Å². The molecule has 0 bridgehead atoms. The number of nitrogens with one attached hydrogen (secondary N) is 1. The largest absolute Gasteiger partial charge is 0.399 e. The summed E-state index contributed by atoms with van der Waals surface area (Å²) in [6, 6.07) is 67.9. The molecular formula is C54H47BrN2. The van der Waals surface area contributed by atoms with Crippen molar-refractivity contribution in [3.05, 3.63) is 221 Å². The van der Waals surface area contributed by atoms with Gasteiger partial charge in [-0.1, -0.05) is 201 Å². The Labute approximate surface area is 346 Å². The van der Waals surface area contributed by atoms with Crippen molar-refractivity contribution < 1.29 is 0 Å². The molecule has 2 nitrogen and oxygen atoms in total. The van der Waals surface area contributed by atoms with E-state index in [1.807, 2.05) is 42.5 Å². The molecule has 2 aliphatic carbocycles. The van der Waals surface area contributed by atoms with Crippen LogP contribution >= 0.6 is 15.9 Å². The monoisotopic (exact) mass is 802 g/mol. The van der Waals surface area contributed by atoms with Crippen LogP contribution < -0.4 is 11.1 Å². The number of anilines is 3. The van der Waals surface area contributed by atoms with Crippen LogP contribution in [0.2, 0.25) is 0 Å². The minimum atomic E-state index is -0.0144.